The number of nitrogens with two attached hydrogens (primary N) is 1. The number of halogens is 1. The van der Waals surface area contributed by atoms with Gasteiger partial charge in [0.15, 0.2) is 0 Å². The Balaban J connectivity index is 1.78. The summed E-state index contributed by atoms with van der Waals surface area (Å²) in [5.74, 6) is 0.0103. The maximum absolute atomic E-state index is 13.2. The monoisotopic (exact) mass is 292 g/mol. The summed E-state index contributed by atoms with van der Waals surface area (Å²) in [6.45, 7) is 0. The molecule has 1 aliphatic rings. The quantitative estimate of drug-likeness (QED) is 0.497. The SMILES string of the molecule is N=C(N)c1cc(F)ccc1CSc1nnnn1C1CC1. The molecule has 3 rings (SSSR count). The molecule has 2 aromatic rings. The van der Waals surface area contributed by atoms with Gasteiger partial charge in [-0.3, -0.25) is 5.41 Å². The Kier molecular flexibility index (Phi) is 3.39. The molecule has 1 saturated carbocycles. The first-order valence-corrected chi connectivity index (χ1v) is 7.17. The highest BCUT2D eigenvalue weighted by molar-refractivity contribution is 7.98. The van der Waals surface area contributed by atoms with Gasteiger partial charge >= 0.3 is 0 Å². The third-order valence-electron chi connectivity index (χ3n) is 3.07. The van der Waals surface area contributed by atoms with Crippen LogP contribution in [0.3, 0.4) is 0 Å². The van der Waals surface area contributed by atoms with Crippen molar-refractivity contribution in [2.75, 3.05) is 0 Å². The molecule has 0 unspecified atom stereocenters. The minimum absolute atomic E-state index is 0.137. The molecule has 1 heterocycles. The van der Waals surface area contributed by atoms with Gasteiger partial charge in [-0.1, -0.05) is 17.8 Å². The van der Waals surface area contributed by atoms with E-state index >= 15 is 0 Å². The number of tetrazole rings is 1. The molecule has 1 aromatic carbocycles. The number of nitrogen functional groups attached to an aromatic ring is 1. The van der Waals surface area contributed by atoms with Gasteiger partial charge in [-0.05, 0) is 41.0 Å². The second-order valence-electron chi connectivity index (χ2n) is 4.64. The molecule has 8 heteroatoms. The summed E-state index contributed by atoms with van der Waals surface area (Å²) in [6.07, 6.45) is 2.21. The van der Waals surface area contributed by atoms with E-state index in [4.69, 9.17) is 11.1 Å². The van der Waals surface area contributed by atoms with Gasteiger partial charge in [0.2, 0.25) is 5.16 Å². The largest absolute Gasteiger partial charge is 0.384 e. The number of amidine groups is 1. The Labute approximate surface area is 119 Å². The summed E-state index contributed by atoms with van der Waals surface area (Å²) in [7, 11) is 0. The van der Waals surface area contributed by atoms with Gasteiger partial charge in [0.25, 0.3) is 0 Å². The number of benzene rings is 1. The number of hydrogen-bond donors (Lipinski definition) is 2. The molecule has 20 heavy (non-hydrogen) atoms. The first-order valence-electron chi connectivity index (χ1n) is 6.18. The van der Waals surface area contributed by atoms with Crippen molar-refractivity contribution in [3.8, 4) is 0 Å². The fraction of sp³-hybridized carbons (Fsp3) is 0.333. The Hall–Kier alpha value is -1.96. The Morgan fingerprint density at radius 2 is 2.30 bits per heavy atom. The maximum atomic E-state index is 13.2. The first-order chi connectivity index (χ1) is 9.65. The van der Waals surface area contributed by atoms with Crippen molar-refractivity contribution in [2.24, 2.45) is 5.73 Å². The van der Waals surface area contributed by atoms with E-state index in [2.05, 4.69) is 15.5 Å². The first kappa shape index (κ1) is 13.0. The number of nitrogens with one attached hydrogen (secondary N) is 1. The van der Waals surface area contributed by atoms with Crippen LogP contribution in [0.1, 0.15) is 30.0 Å². The molecule has 0 bridgehead atoms. The molecule has 1 fully saturated rings. The van der Waals surface area contributed by atoms with Crippen LogP contribution in [-0.2, 0) is 5.75 Å². The zero-order chi connectivity index (χ0) is 14.1. The van der Waals surface area contributed by atoms with Crippen LogP contribution in [0.15, 0.2) is 23.4 Å². The number of aromatic nitrogens is 4. The number of rotatable bonds is 5. The van der Waals surface area contributed by atoms with E-state index in [1.165, 1.54) is 23.9 Å². The van der Waals surface area contributed by atoms with Crippen LogP contribution < -0.4 is 5.73 Å². The van der Waals surface area contributed by atoms with Crippen LogP contribution in [0, 0.1) is 11.2 Å². The topological polar surface area (TPSA) is 93.5 Å². The average molecular weight is 292 g/mol. The van der Waals surface area contributed by atoms with Crippen molar-refractivity contribution in [3.63, 3.8) is 0 Å². The maximum Gasteiger partial charge on any atom is 0.209 e. The molecule has 0 aliphatic heterocycles. The standard InChI is InChI=1S/C12H13FN6S/c13-8-2-1-7(10(5-8)11(14)15)6-20-12-16-17-18-19(12)9-3-4-9/h1-2,5,9H,3-4,6H2,(H3,14,15). The van der Waals surface area contributed by atoms with E-state index in [-0.39, 0.29) is 5.84 Å². The lowest BCUT2D eigenvalue weighted by molar-refractivity contribution is 0.565. The number of thioether (sulfide) groups is 1. The van der Waals surface area contributed by atoms with Gasteiger partial charge in [0.05, 0.1) is 6.04 Å². The minimum Gasteiger partial charge on any atom is -0.384 e. The zero-order valence-corrected chi connectivity index (χ0v) is 11.4. The van der Waals surface area contributed by atoms with Crippen molar-refractivity contribution < 1.29 is 4.39 Å². The third-order valence-corrected chi connectivity index (χ3v) is 4.06. The molecule has 0 radical (unpaired) electrons. The highest BCUT2D eigenvalue weighted by atomic mass is 32.2. The predicted octanol–water partition coefficient (Wildman–Crippen LogP) is 1.72. The summed E-state index contributed by atoms with van der Waals surface area (Å²) in [5, 5.41) is 19.9. The summed E-state index contributed by atoms with van der Waals surface area (Å²) >= 11 is 1.46. The predicted molar refractivity (Wildman–Crippen MR) is 73.1 cm³/mol. The molecule has 104 valence electrons. The molecular weight excluding hydrogens is 279 g/mol. The van der Waals surface area contributed by atoms with Crippen LogP contribution >= 0.6 is 11.8 Å². The lowest BCUT2D eigenvalue weighted by atomic mass is 10.1. The minimum atomic E-state index is -0.397. The highest BCUT2D eigenvalue weighted by Gasteiger charge is 2.27. The third kappa shape index (κ3) is 2.64. The summed E-state index contributed by atoms with van der Waals surface area (Å²) in [5.41, 5.74) is 6.70. The van der Waals surface area contributed by atoms with Crippen LogP contribution in [0.2, 0.25) is 0 Å². The van der Waals surface area contributed by atoms with Gasteiger partial charge in [0, 0.05) is 11.3 Å². The highest BCUT2D eigenvalue weighted by Crippen LogP contribution is 2.37. The van der Waals surface area contributed by atoms with Gasteiger partial charge in [-0.15, -0.1) is 5.10 Å². The Morgan fingerprint density at radius 3 is 3.00 bits per heavy atom. The molecule has 0 atom stereocenters. The Morgan fingerprint density at radius 1 is 1.50 bits per heavy atom. The van der Waals surface area contributed by atoms with Gasteiger partial charge in [0.1, 0.15) is 11.7 Å². The smallest absolute Gasteiger partial charge is 0.209 e. The van der Waals surface area contributed by atoms with Crippen molar-refractivity contribution in [1.82, 2.24) is 20.2 Å². The van der Waals surface area contributed by atoms with Gasteiger partial charge in [-0.2, -0.15) is 0 Å². The van der Waals surface area contributed by atoms with E-state index in [0.29, 0.717) is 17.4 Å². The van der Waals surface area contributed by atoms with Crippen LogP contribution in [0.4, 0.5) is 4.39 Å². The summed E-state index contributed by atoms with van der Waals surface area (Å²) < 4.78 is 15.0. The number of nitrogens with zero attached hydrogens (tertiary/aromatic N) is 4. The lowest BCUT2D eigenvalue weighted by Gasteiger charge is -2.08. The van der Waals surface area contributed by atoms with Crippen LogP contribution in [0.25, 0.3) is 0 Å². The van der Waals surface area contributed by atoms with E-state index in [9.17, 15) is 4.39 Å². The van der Waals surface area contributed by atoms with E-state index < -0.39 is 5.82 Å². The van der Waals surface area contributed by atoms with Gasteiger partial charge in [-0.25, -0.2) is 9.07 Å². The Bertz CT molecular complexity index is 651. The second-order valence-corrected chi connectivity index (χ2v) is 5.58. The average Bonchev–Trinajstić information content (AvgIpc) is 3.16. The van der Waals surface area contributed by atoms with Crippen molar-refractivity contribution in [3.05, 3.63) is 35.1 Å². The lowest BCUT2D eigenvalue weighted by Crippen LogP contribution is -2.14. The second kappa shape index (κ2) is 5.20. The molecule has 1 aliphatic carbocycles. The van der Waals surface area contributed by atoms with Crippen LogP contribution in [0.5, 0.6) is 0 Å². The van der Waals surface area contributed by atoms with E-state index in [0.717, 1.165) is 23.6 Å². The van der Waals surface area contributed by atoms with E-state index in [1.807, 2.05) is 4.68 Å². The summed E-state index contributed by atoms with van der Waals surface area (Å²) in [6, 6.07) is 4.70. The zero-order valence-electron chi connectivity index (χ0n) is 10.6. The molecule has 0 amide bonds. The van der Waals surface area contributed by atoms with Crippen molar-refractivity contribution >= 4 is 17.6 Å². The van der Waals surface area contributed by atoms with E-state index in [1.54, 1.807) is 6.07 Å². The van der Waals surface area contributed by atoms with Crippen LogP contribution in [-0.4, -0.2) is 26.0 Å². The molecule has 6 nitrogen and oxygen atoms in total. The molecule has 1 aromatic heterocycles. The fourth-order valence-electron chi connectivity index (χ4n) is 1.90. The molecule has 0 spiro atoms. The number of hydrogen-bond acceptors (Lipinski definition) is 5. The summed E-state index contributed by atoms with van der Waals surface area (Å²) in [4.78, 5) is 0. The molecular formula is C12H13FN6S. The van der Waals surface area contributed by atoms with Crippen molar-refractivity contribution in [2.45, 2.75) is 29.8 Å². The molecule has 3 N–H and O–H groups in total. The van der Waals surface area contributed by atoms with Gasteiger partial charge < -0.3 is 5.73 Å². The normalized spacial score (nSPS) is 14.4. The fourth-order valence-corrected chi connectivity index (χ4v) is 2.84. The van der Waals surface area contributed by atoms with Crippen molar-refractivity contribution in [1.29, 1.82) is 5.41 Å². The molecule has 0 saturated heterocycles.